The summed E-state index contributed by atoms with van der Waals surface area (Å²) in [6.07, 6.45) is 4.56. The maximum atomic E-state index is 12.4. The molecule has 5 heteroatoms. The summed E-state index contributed by atoms with van der Waals surface area (Å²) < 4.78 is 10.6. The van der Waals surface area contributed by atoms with Crippen molar-refractivity contribution in [3.8, 4) is 5.75 Å². The van der Waals surface area contributed by atoms with Gasteiger partial charge in [-0.1, -0.05) is 42.5 Å². The van der Waals surface area contributed by atoms with Gasteiger partial charge in [0.05, 0.1) is 12.7 Å². The number of carbonyl (C=O) groups excluding carboxylic acids is 2. The van der Waals surface area contributed by atoms with Crippen LogP contribution in [0, 0.1) is 0 Å². The zero-order valence-corrected chi connectivity index (χ0v) is 16.2. The third-order valence-electron chi connectivity index (χ3n) is 4.27. The molecule has 0 aliphatic carbocycles. The van der Waals surface area contributed by atoms with Gasteiger partial charge in [0, 0.05) is 25.9 Å². The molecule has 0 bridgehead atoms. The molecule has 0 aliphatic heterocycles. The minimum Gasteiger partial charge on any atom is -0.488 e. The number of rotatable bonds is 9. The summed E-state index contributed by atoms with van der Waals surface area (Å²) in [6, 6.07) is 13.9. The molecule has 0 heterocycles. The number of methoxy groups -OCH3 is 1. The summed E-state index contributed by atoms with van der Waals surface area (Å²) in [7, 11) is 4.84. The van der Waals surface area contributed by atoms with Crippen LogP contribution >= 0.6 is 0 Å². The summed E-state index contributed by atoms with van der Waals surface area (Å²) in [6.45, 7) is 0.210. The molecule has 0 atom stereocenters. The number of likely N-dealkylation sites (N-methyl/N-ethyl adjacent to an activating group) is 1. The van der Waals surface area contributed by atoms with Gasteiger partial charge >= 0.3 is 5.97 Å². The van der Waals surface area contributed by atoms with E-state index in [9.17, 15) is 9.59 Å². The van der Waals surface area contributed by atoms with Crippen LogP contribution in [0.5, 0.6) is 5.75 Å². The zero-order chi connectivity index (χ0) is 19.6. The van der Waals surface area contributed by atoms with Gasteiger partial charge in [0.1, 0.15) is 12.4 Å². The van der Waals surface area contributed by atoms with Crippen LogP contribution in [0.4, 0.5) is 0 Å². The van der Waals surface area contributed by atoms with E-state index in [1.165, 1.54) is 7.11 Å². The first-order chi connectivity index (χ1) is 13.0. The van der Waals surface area contributed by atoms with Crippen molar-refractivity contribution in [2.24, 2.45) is 0 Å². The molecule has 144 valence electrons. The SMILES string of the molecule is COC(=O)CCCC/C=C(\COc1cccc2ccccc12)C(=O)N(C)C. The molecule has 0 aliphatic rings. The van der Waals surface area contributed by atoms with E-state index >= 15 is 0 Å². The Hall–Kier alpha value is -2.82. The second-order valence-corrected chi connectivity index (χ2v) is 6.52. The van der Waals surface area contributed by atoms with Crippen LogP contribution in [0.3, 0.4) is 0 Å². The number of ether oxygens (including phenoxy) is 2. The lowest BCUT2D eigenvalue weighted by Gasteiger charge is -2.15. The molecule has 27 heavy (non-hydrogen) atoms. The van der Waals surface area contributed by atoms with E-state index in [2.05, 4.69) is 4.74 Å². The number of fused-ring (bicyclic) bond motifs is 1. The third-order valence-corrected chi connectivity index (χ3v) is 4.27. The van der Waals surface area contributed by atoms with Gasteiger partial charge in [-0.05, 0) is 30.7 Å². The Bertz CT molecular complexity index is 806. The van der Waals surface area contributed by atoms with Crippen molar-refractivity contribution in [2.45, 2.75) is 25.7 Å². The van der Waals surface area contributed by atoms with Gasteiger partial charge in [-0.25, -0.2) is 0 Å². The number of unbranched alkanes of at least 4 members (excludes halogenated alkanes) is 2. The third kappa shape index (κ3) is 6.13. The lowest BCUT2D eigenvalue weighted by molar-refractivity contribution is -0.140. The molecule has 2 aromatic carbocycles. The van der Waals surface area contributed by atoms with Crippen LogP contribution in [-0.4, -0.2) is 44.6 Å². The molecule has 5 nitrogen and oxygen atoms in total. The number of benzene rings is 2. The van der Waals surface area contributed by atoms with E-state index in [-0.39, 0.29) is 18.5 Å². The van der Waals surface area contributed by atoms with Gasteiger partial charge in [0.2, 0.25) is 0 Å². The summed E-state index contributed by atoms with van der Waals surface area (Å²) in [5.41, 5.74) is 0.617. The smallest absolute Gasteiger partial charge is 0.305 e. The largest absolute Gasteiger partial charge is 0.488 e. The van der Waals surface area contributed by atoms with Gasteiger partial charge < -0.3 is 14.4 Å². The Morgan fingerprint density at radius 2 is 1.78 bits per heavy atom. The topological polar surface area (TPSA) is 55.8 Å². The van der Waals surface area contributed by atoms with Gasteiger partial charge in [-0.2, -0.15) is 0 Å². The van der Waals surface area contributed by atoms with Crippen LogP contribution in [-0.2, 0) is 14.3 Å². The average molecular weight is 369 g/mol. The minimum absolute atomic E-state index is 0.0665. The number of carbonyl (C=O) groups is 2. The molecule has 0 unspecified atom stereocenters. The molecule has 0 aromatic heterocycles. The maximum Gasteiger partial charge on any atom is 0.305 e. The quantitative estimate of drug-likeness (QED) is 0.381. The first kappa shape index (κ1) is 20.5. The van der Waals surface area contributed by atoms with E-state index in [0.717, 1.165) is 29.4 Å². The summed E-state index contributed by atoms with van der Waals surface area (Å²) in [5, 5.41) is 2.12. The average Bonchev–Trinajstić information content (AvgIpc) is 2.69. The molecular weight excluding hydrogens is 342 g/mol. The second-order valence-electron chi connectivity index (χ2n) is 6.52. The monoisotopic (exact) mass is 369 g/mol. The van der Waals surface area contributed by atoms with Crippen molar-refractivity contribution in [1.29, 1.82) is 0 Å². The van der Waals surface area contributed by atoms with E-state index in [1.807, 2.05) is 48.5 Å². The van der Waals surface area contributed by atoms with Gasteiger partial charge in [0.25, 0.3) is 5.91 Å². The molecule has 0 radical (unpaired) electrons. The molecule has 0 N–H and O–H groups in total. The standard InChI is InChI=1S/C22H27NO4/c1-23(2)22(25)18(11-5-4-6-15-21(24)26-3)16-27-20-14-9-12-17-10-7-8-13-19(17)20/h7-14H,4-6,15-16H2,1-3H3/b18-11+. The van der Waals surface area contributed by atoms with E-state index in [0.29, 0.717) is 18.4 Å². The molecule has 0 spiro atoms. The highest BCUT2D eigenvalue weighted by molar-refractivity contribution is 5.93. The van der Waals surface area contributed by atoms with E-state index < -0.39 is 0 Å². The Balaban J connectivity index is 2.02. The normalized spacial score (nSPS) is 11.3. The van der Waals surface area contributed by atoms with Crippen molar-refractivity contribution in [1.82, 2.24) is 4.90 Å². The Labute approximate surface area is 160 Å². The fourth-order valence-corrected chi connectivity index (χ4v) is 2.76. The number of hydrogen-bond acceptors (Lipinski definition) is 4. The number of nitrogens with zero attached hydrogens (tertiary/aromatic N) is 1. The van der Waals surface area contributed by atoms with Crippen molar-refractivity contribution in [2.75, 3.05) is 27.8 Å². The number of esters is 1. The van der Waals surface area contributed by atoms with Gasteiger partial charge in [-0.3, -0.25) is 9.59 Å². The summed E-state index contributed by atoms with van der Waals surface area (Å²) >= 11 is 0. The lowest BCUT2D eigenvalue weighted by atomic mass is 10.1. The lowest BCUT2D eigenvalue weighted by Crippen LogP contribution is -2.26. The highest BCUT2D eigenvalue weighted by Crippen LogP contribution is 2.25. The number of hydrogen-bond donors (Lipinski definition) is 0. The first-order valence-electron chi connectivity index (χ1n) is 9.11. The van der Waals surface area contributed by atoms with Crippen LogP contribution in [0.25, 0.3) is 10.8 Å². The second kappa shape index (κ2) is 10.4. The molecule has 2 aromatic rings. The highest BCUT2D eigenvalue weighted by atomic mass is 16.5. The van der Waals surface area contributed by atoms with Gasteiger partial charge in [-0.15, -0.1) is 0 Å². The minimum atomic E-state index is -0.206. The predicted octanol–water partition coefficient (Wildman–Crippen LogP) is 3.97. The highest BCUT2D eigenvalue weighted by Gasteiger charge is 2.13. The van der Waals surface area contributed by atoms with Crippen LogP contribution in [0.2, 0.25) is 0 Å². The molecule has 0 fully saturated rings. The first-order valence-corrected chi connectivity index (χ1v) is 9.11. The Morgan fingerprint density at radius 1 is 1.04 bits per heavy atom. The number of amides is 1. The van der Waals surface area contributed by atoms with Crippen LogP contribution in [0.15, 0.2) is 54.1 Å². The molecule has 2 rings (SSSR count). The fraction of sp³-hybridized carbons (Fsp3) is 0.364. The maximum absolute atomic E-state index is 12.4. The van der Waals surface area contributed by atoms with E-state index in [4.69, 9.17) is 4.74 Å². The molecule has 0 saturated heterocycles. The van der Waals surface area contributed by atoms with Crippen LogP contribution < -0.4 is 4.74 Å². The summed E-state index contributed by atoms with van der Waals surface area (Å²) in [4.78, 5) is 25.2. The zero-order valence-electron chi connectivity index (χ0n) is 16.2. The van der Waals surface area contributed by atoms with Crippen molar-refractivity contribution >= 4 is 22.6 Å². The van der Waals surface area contributed by atoms with Gasteiger partial charge in [0.15, 0.2) is 0 Å². The Morgan fingerprint density at radius 3 is 2.52 bits per heavy atom. The van der Waals surface area contributed by atoms with Crippen molar-refractivity contribution in [3.05, 3.63) is 54.1 Å². The predicted molar refractivity (Wildman–Crippen MR) is 107 cm³/mol. The molecule has 1 amide bonds. The molecular formula is C22H27NO4. The van der Waals surface area contributed by atoms with Crippen molar-refractivity contribution < 1.29 is 19.1 Å². The Kier molecular flexibility index (Phi) is 7.86. The van der Waals surface area contributed by atoms with Crippen molar-refractivity contribution in [3.63, 3.8) is 0 Å². The van der Waals surface area contributed by atoms with E-state index in [1.54, 1.807) is 19.0 Å². The summed E-state index contributed by atoms with van der Waals surface area (Å²) in [5.74, 6) is 0.488. The number of allylic oxidation sites excluding steroid dienone is 1. The van der Waals surface area contributed by atoms with Crippen LogP contribution in [0.1, 0.15) is 25.7 Å². The molecule has 0 saturated carbocycles. The fourth-order valence-electron chi connectivity index (χ4n) is 2.76.